The number of nitrogens with zero attached hydrogens (tertiary/aromatic N) is 1. The maximum absolute atomic E-state index is 13.5. The van der Waals surface area contributed by atoms with Crippen LogP contribution in [-0.4, -0.2) is 26.9 Å². The predicted octanol–water partition coefficient (Wildman–Crippen LogP) is 4.98. The third-order valence-corrected chi connectivity index (χ3v) is 8.59. The standard InChI is InChI=1S/C27H28N2O4S/c30-27(28-26-18-20-11-12-21(26)17-20)19-29(34(31,32)25-9-5-2-6-10-25)22-13-15-24(16-14-22)33-23-7-3-1-4-8-23/h1-10,13-16,20-21,26H,11-12,17-19H2,(H,28,30)/t20-,21-,26+/m0/s1. The Labute approximate surface area is 200 Å². The van der Waals surface area contributed by atoms with E-state index < -0.39 is 10.0 Å². The molecule has 2 aliphatic carbocycles. The Morgan fingerprint density at radius 1 is 0.853 bits per heavy atom. The molecule has 3 aromatic rings. The summed E-state index contributed by atoms with van der Waals surface area (Å²) >= 11 is 0. The number of anilines is 1. The van der Waals surface area contributed by atoms with Gasteiger partial charge in [0.2, 0.25) is 5.91 Å². The van der Waals surface area contributed by atoms with Crippen molar-refractivity contribution in [3.63, 3.8) is 0 Å². The zero-order valence-corrected chi connectivity index (χ0v) is 19.7. The van der Waals surface area contributed by atoms with Gasteiger partial charge in [0.25, 0.3) is 10.0 Å². The van der Waals surface area contributed by atoms with Gasteiger partial charge in [-0.2, -0.15) is 0 Å². The zero-order chi connectivity index (χ0) is 23.5. The molecule has 1 amide bonds. The van der Waals surface area contributed by atoms with Gasteiger partial charge in [0.05, 0.1) is 10.6 Å². The minimum absolute atomic E-state index is 0.146. The molecule has 0 unspecified atom stereocenters. The van der Waals surface area contributed by atoms with Gasteiger partial charge < -0.3 is 10.1 Å². The molecule has 0 spiro atoms. The first-order valence-electron chi connectivity index (χ1n) is 11.7. The van der Waals surface area contributed by atoms with Crippen LogP contribution in [0.25, 0.3) is 0 Å². The van der Waals surface area contributed by atoms with E-state index in [0.717, 1.165) is 12.8 Å². The summed E-state index contributed by atoms with van der Waals surface area (Å²) in [5.74, 6) is 2.20. The molecule has 0 aromatic heterocycles. The number of hydrogen-bond acceptors (Lipinski definition) is 4. The quantitative estimate of drug-likeness (QED) is 0.498. The molecule has 2 bridgehead atoms. The fourth-order valence-corrected chi connectivity index (χ4v) is 6.59. The summed E-state index contributed by atoms with van der Waals surface area (Å²) in [5.41, 5.74) is 0.410. The van der Waals surface area contributed by atoms with E-state index in [-0.39, 0.29) is 23.4 Å². The van der Waals surface area contributed by atoms with Crippen LogP contribution in [0.1, 0.15) is 25.7 Å². The summed E-state index contributed by atoms with van der Waals surface area (Å²) in [6.45, 7) is -0.274. The van der Waals surface area contributed by atoms with Crippen LogP contribution in [0.2, 0.25) is 0 Å². The number of carbonyl (C=O) groups excluding carboxylic acids is 1. The first kappa shape index (κ1) is 22.5. The molecular weight excluding hydrogens is 448 g/mol. The lowest BCUT2D eigenvalue weighted by Crippen LogP contribution is -2.45. The molecule has 0 radical (unpaired) electrons. The van der Waals surface area contributed by atoms with Crippen LogP contribution in [0.5, 0.6) is 11.5 Å². The highest BCUT2D eigenvalue weighted by Crippen LogP contribution is 2.44. The van der Waals surface area contributed by atoms with Crippen molar-refractivity contribution in [2.45, 2.75) is 36.6 Å². The number of nitrogens with one attached hydrogen (secondary N) is 1. The van der Waals surface area contributed by atoms with E-state index in [9.17, 15) is 13.2 Å². The van der Waals surface area contributed by atoms with E-state index in [4.69, 9.17) is 4.74 Å². The van der Waals surface area contributed by atoms with E-state index in [1.54, 1.807) is 54.6 Å². The Morgan fingerprint density at radius 2 is 1.50 bits per heavy atom. The van der Waals surface area contributed by atoms with Gasteiger partial charge in [-0.05, 0) is 79.6 Å². The van der Waals surface area contributed by atoms with Gasteiger partial charge in [0, 0.05) is 6.04 Å². The molecule has 2 saturated carbocycles. The molecule has 34 heavy (non-hydrogen) atoms. The molecule has 3 aromatic carbocycles. The van der Waals surface area contributed by atoms with Crippen molar-refractivity contribution in [3.8, 4) is 11.5 Å². The Hall–Kier alpha value is -3.32. The van der Waals surface area contributed by atoms with E-state index in [1.165, 1.54) is 17.1 Å². The number of sulfonamides is 1. The van der Waals surface area contributed by atoms with Crippen LogP contribution in [0.3, 0.4) is 0 Å². The van der Waals surface area contributed by atoms with Gasteiger partial charge >= 0.3 is 0 Å². The van der Waals surface area contributed by atoms with Gasteiger partial charge in [-0.25, -0.2) is 8.42 Å². The third-order valence-electron chi connectivity index (χ3n) is 6.81. The van der Waals surface area contributed by atoms with Crippen LogP contribution in [0, 0.1) is 11.8 Å². The van der Waals surface area contributed by atoms with Crippen LogP contribution >= 0.6 is 0 Å². The molecule has 176 valence electrons. The van der Waals surface area contributed by atoms with Crippen molar-refractivity contribution in [2.75, 3.05) is 10.8 Å². The Bertz CT molecular complexity index is 1230. The summed E-state index contributed by atoms with van der Waals surface area (Å²) in [6, 6.07) is 24.5. The van der Waals surface area contributed by atoms with Crippen molar-refractivity contribution >= 4 is 21.6 Å². The number of ether oxygens (including phenoxy) is 1. The lowest BCUT2D eigenvalue weighted by atomic mass is 9.95. The first-order valence-corrected chi connectivity index (χ1v) is 13.1. The minimum Gasteiger partial charge on any atom is -0.457 e. The highest BCUT2D eigenvalue weighted by molar-refractivity contribution is 7.92. The smallest absolute Gasteiger partial charge is 0.264 e. The molecule has 3 atom stereocenters. The van der Waals surface area contributed by atoms with Gasteiger partial charge in [0.1, 0.15) is 18.0 Å². The number of fused-ring (bicyclic) bond motifs is 2. The monoisotopic (exact) mass is 476 g/mol. The Kier molecular flexibility index (Phi) is 6.28. The average Bonchev–Trinajstić information content (AvgIpc) is 3.48. The minimum atomic E-state index is -3.93. The second kappa shape index (κ2) is 9.50. The van der Waals surface area contributed by atoms with Crippen molar-refractivity contribution < 1.29 is 17.9 Å². The summed E-state index contributed by atoms with van der Waals surface area (Å²) in [7, 11) is -3.93. The number of hydrogen-bond donors (Lipinski definition) is 1. The second-order valence-electron chi connectivity index (χ2n) is 9.08. The van der Waals surface area contributed by atoms with Crippen molar-refractivity contribution in [1.82, 2.24) is 5.32 Å². The molecule has 5 rings (SSSR count). The van der Waals surface area contributed by atoms with Gasteiger partial charge in [-0.1, -0.05) is 42.8 Å². The van der Waals surface area contributed by atoms with Gasteiger partial charge in [-0.15, -0.1) is 0 Å². The van der Waals surface area contributed by atoms with Crippen LogP contribution in [0.15, 0.2) is 89.8 Å². The number of amides is 1. The normalized spacial score (nSPS) is 21.2. The summed E-state index contributed by atoms with van der Waals surface area (Å²) in [5, 5.41) is 3.11. The van der Waals surface area contributed by atoms with Crippen molar-refractivity contribution in [1.29, 1.82) is 0 Å². The lowest BCUT2D eigenvalue weighted by Gasteiger charge is -2.27. The fourth-order valence-electron chi connectivity index (χ4n) is 5.14. The lowest BCUT2D eigenvalue weighted by molar-refractivity contribution is -0.120. The maximum atomic E-state index is 13.5. The third kappa shape index (κ3) is 4.80. The molecule has 1 N–H and O–H groups in total. The van der Waals surface area contributed by atoms with Gasteiger partial charge in [0.15, 0.2) is 0 Å². The molecule has 2 fully saturated rings. The van der Waals surface area contributed by atoms with E-state index in [0.29, 0.717) is 29.0 Å². The summed E-state index contributed by atoms with van der Waals surface area (Å²) in [4.78, 5) is 13.1. The predicted molar refractivity (Wildman–Crippen MR) is 131 cm³/mol. The molecule has 6 nitrogen and oxygen atoms in total. The van der Waals surface area contributed by atoms with E-state index >= 15 is 0 Å². The Balaban J connectivity index is 1.38. The fraction of sp³-hybridized carbons (Fsp3) is 0.296. The molecule has 0 aliphatic heterocycles. The molecule has 7 heteroatoms. The largest absolute Gasteiger partial charge is 0.457 e. The van der Waals surface area contributed by atoms with Crippen LogP contribution < -0.4 is 14.4 Å². The maximum Gasteiger partial charge on any atom is 0.264 e. The number of para-hydroxylation sites is 1. The van der Waals surface area contributed by atoms with Crippen LogP contribution in [0.4, 0.5) is 5.69 Å². The SMILES string of the molecule is O=C(CN(c1ccc(Oc2ccccc2)cc1)S(=O)(=O)c1ccccc1)N[C@@H]1C[C@H]2CC[C@H]1C2. The van der Waals surface area contributed by atoms with Crippen LogP contribution in [-0.2, 0) is 14.8 Å². The summed E-state index contributed by atoms with van der Waals surface area (Å²) < 4.78 is 34.1. The summed E-state index contributed by atoms with van der Waals surface area (Å²) in [6.07, 6.45) is 4.54. The molecule has 0 heterocycles. The number of benzene rings is 3. The zero-order valence-electron chi connectivity index (χ0n) is 18.8. The second-order valence-corrected chi connectivity index (χ2v) is 10.9. The van der Waals surface area contributed by atoms with Crippen molar-refractivity contribution in [2.24, 2.45) is 11.8 Å². The molecule has 0 saturated heterocycles. The molecular formula is C27H28N2O4S. The topological polar surface area (TPSA) is 75.7 Å². The van der Waals surface area contributed by atoms with Crippen molar-refractivity contribution in [3.05, 3.63) is 84.9 Å². The first-order chi connectivity index (χ1) is 16.5. The average molecular weight is 477 g/mol. The van der Waals surface area contributed by atoms with Gasteiger partial charge in [-0.3, -0.25) is 9.10 Å². The highest BCUT2D eigenvalue weighted by atomic mass is 32.2. The number of rotatable bonds is 8. The van der Waals surface area contributed by atoms with E-state index in [1.807, 2.05) is 30.3 Å². The highest BCUT2D eigenvalue weighted by Gasteiger charge is 2.40. The molecule has 2 aliphatic rings. The number of carbonyl (C=O) groups is 1. The van der Waals surface area contributed by atoms with E-state index in [2.05, 4.69) is 5.32 Å². The Morgan fingerprint density at radius 3 is 2.12 bits per heavy atom.